The van der Waals surface area contributed by atoms with Crippen LogP contribution in [0.1, 0.15) is 17.3 Å². The average Bonchev–Trinajstić information content (AvgIpc) is 2.55. The molecule has 0 aromatic heterocycles. The predicted octanol–water partition coefficient (Wildman–Crippen LogP) is 3.94. The molecule has 1 atom stereocenters. The van der Waals surface area contributed by atoms with Crippen molar-refractivity contribution in [2.75, 3.05) is 5.32 Å². The molecule has 0 unspecified atom stereocenters. The number of anilines is 1. The Morgan fingerprint density at radius 1 is 1.08 bits per heavy atom. The molecule has 2 rings (SSSR count). The van der Waals surface area contributed by atoms with E-state index >= 15 is 0 Å². The van der Waals surface area contributed by atoms with E-state index in [0.717, 1.165) is 6.07 Å². The highest BCUT2D eigenvalue weighted by molar-refractivity contribution is 6.33. The van der Waals surface area contributed by atoms with Crippen LogP contribution in [-0.4, -0.2) is 18.0 Å². The molecule has 2 aromatic rings. The summed E-state index contributed by atoms with van der Waals surface area (Å²) >= 11 is 5.84. The van der Waals surface area contributed by atoms with E-state index in [9.17, 15) is 22.8 Å². The molecule has 2 aromatic carbocycles. The maximum absolute atomic E-state index is 13.5. The van der Waals surface area contributed by atoms with Crippen molar-refractivity contribution < 1.29 is 27.5 Å². The van der Waals surface area contributed by atoms with Gasteiger partial charge < -0.3 is 10.1 Å². The highest BCUT2D eigenvalue weighted by Crippen LogP contribution is 2.20. The van der Waals surface area contributed by atoms with Crippen molar-refractivity contribution in [1.82, 2.24) is 0 Å². The van der Waals surface area contributed by atoms with Crippen molar-refractivity contribution in [1.29, 1.82) is 0 Å². The van der Waals surface area contributed by atoms with Crippen LogP contribution in [0.2, 0.25) is 5.02 Å². The fourth-order valence-electron chi connectivity index (χ4n) is 1.76. The Morgan fingerprint density at radius 3 is 2.42 bits per heavy atom. The van der Waals surface area contributed by atoms with Crippen molar-refractivity contribution in [3.8, 4) is 0 Å². The molecule has 4 nitrogen and oxygen atoms in total. The van der Waals surface area contributed by atoms with E-state index in [1.807, 2.05) is 5.32 Å². The molecule has 0 fully saturated rings. The second kappa shape index (κ2) is 7.35. The summed E-state index contributed by atoms with van der Waals surface area (Å²) in [7, 11) is 0. The summed E-state index contributed by atoms with van der Waals surface area (Å²) in [4.78, 5) is 23.8. The molecule has 1 amide bonds. The van der Waals surface area contributed by atoms with Gasteiger partial charge in [0.2, 0.25) is 0 Å². The summed E-state index contributed by atoms with van der Waals surface area (Å²) in [5, 5.41) is 2.16. The molecule has 0 aliphatic heterocycles. The van der Waals surface area contributed by atoms with Gasteiger partial charge in [0, 0.05) is 0 Å². The minimum atomic E-state index is -1.71. The second-order valence-corrected chi connectivity index (χ2v) is 5.15. The zero-order valence-electron chi connectivity index (χ0n) is 12.3. The van der Waals surface area contributed by atoms with Crippen molar-refractivity contribution >= 4 is 29.2 Å². The number of rotatable bonds is 4. The summed E-state index contributed by atoms with van der Waals surface area (Å²) in [6, 6.07) is 7.57. The number of nitrogens with one attached hydrogen (secondary N) is 1. The summed E-state index contributed by atoms with van der Waals surface area (Å²) in [6.07, 6.45) is -1.32. The van der Waals surface area contributed by atoms with Gasteiger partial charge in [-0.25, -0.2) is 18.0 Å². The molecular formula is C16H11ClF3NO3. The maximum atomic E-state index is 13.5. The van der Waals surface area contributed by atoms with E-state index in [1.165, 1.54) is 19.1 Å². The van der Waals surface area contributed by atoms with E-state index < -0.39 is 41.1 Å². The van der Waals surface area contributed by atoms with Gasteiger partial charge in [-0.05, 0) is 31.2 Å². The third kappa shape index (κ3) is 3.86. The Hall–Kier alpha value is -2.54. The van der Waals surface area contributed by atoms with Gasteiger partial charge in [-0.2, -0.15) is 0 Å². The van der Waals surface area contributed by atoms with Crippen LogP contribution in [0.4, 0.5) is 18.9 Å². The van der Waals surface area contributed by atoms with Crippen molar-refractivity contribution in [3.05, 3.63) is 64.4 Å². The second-order valence-electron chi connectivity index (χ2n) is 4.74. The number of ether oxygens (including phenoxy) is 1. The first-order valence-electron chi connectivity index (χ1n) is 6.71. The minimum Gasteiger partial charge on any atom is -0.449 e. The Balaban J connectivity index is 2.07. The highest BCUT2D eigenvalue weighted by Gasteiger charge is 2.22. The Labute approximate surface area is 140 Å². The van der Waals surface area contributed by atoms with Gasteiger partial charge >= 0.3 is 5.97 Å². The van der Waals surface area contributed by atoms with Gasteiger partial charge in [0.1, 0.15) is 0 Å². The van der Waals surface area contributed by atoms with Crippen molar-refractivity contribution in [2.45, 2.75) is 13.0 Å². The van der Waals surface area contributed by atoms with Crippen LogP contribution < -0.4 is 5.32 Å². The van der Waals surface area contributed by atoms with E-state index in [-0.39, 0.29) is 10.6 Å². The summed E-state index contributed by atoms with van der Waals surface area (Å²) in [5.41, 5.74) is -0.516. The largest absolute Gasteiger partial charge is 0.449 e. The molecule has 0 saturated heterocycles. The van der Waals surface area contributed by atoms with Crippen molar-refractivity contribution in [3.63, 3.8) is 0 Å². The number of carbonyl (C=O) groups excluding carboxylic acids is 2. The van der Waals surface area contributed by atoms with Gasteiger partial charge in [-0.15, -0.1) is 0 Å². The molecular weight excluding hydrogens is 347 g/mol. The topological polar surface area (TPSA) is 55.4 Å². The standard InChI is InChI=1S/C16H11ClF3NO3/c1-8(24-16(23)9-4-2-3-5-10(9)17)15(22)21-12-7-6-11(18)13(19)14(12)20/h2-8H,1H3,(H,21,22)/t8-/m0/s1. The molecule has 0 heterocycles. The summed E-state index contributed by atoms with van der Waals surface area (Å²) in [6.45, 7) is 1.24. The van der Waals surface area contributed by atoms with Crippen LogP contribution in [0.3, 0.4) is 0 Å². The van der Waals surface area contributed by atoms with Crippen LogP contribution in [-0.2, 0) is 9.53 Å². The van der Waals surface area contributed by atoms with Gasteiger partial charge in [-0.3, -0.25) is 4.79 Å². The maximum Gasteiger partial charge on any atom is 0.340 e. The van der Waals surface area contributed by atoms with E-state index in [1.54, 1.807) is 12.1 Å². The summed E-state index contributed by atoms with van der Waals surface area (Å²) < 4.78 is 44.4. The van der Waals surface area contributed by atoms with E-state index in [4.69, 9.17) is 16.3 Å². The van der Waals surface area contributed by atoms with Crippen LogP contribution in [0.25, 0.3) is 0 Å². The van der Waals surface area contributed by atoms with Crippen LogP contribution in [0, 0.1) is 17.5 Å². The Morgan fingerprint density at radius 2 is 1.75 bits per heavy atom. The number of halogens is 4. The SMILES string of the molecule is C[C@H](OC(=O)c1ccccc1Cl)C(=O)Nc1ccc(F)c(F)c1F. The normalized spacial score (nSPS) is 11.7. The first-order valence-corrected chi connectivity index (χ1v) is 7.09. The van der Waals surface area contributed by atoms with Crippen LogP contribution in [0.5, 0.6) is 0 Å². The van der Waals surface area contributed by atoms with Gasteiger partial charge in [0.15, 0.2) is 23.6 Å². The van der Waals surface area contributed by atoms with E-state index in [2.05, 4.69) is 0 Å². The molecule has 0 aliphatic rings. The molecule has 0 spiro atoms. The lowest BCUT2D eigenvalue weighted by atomic mass is 10.2. The number of hydrogen-bond acceptors (Lipinski definition) is 3. The number of amides is 1. The first-order chi connectivity index (χ1) is 11.3. The van der Waals surface area contributed by atoms with E-state index in [0.29, 0.717) is 6.07 Å². The molecule has 8 heteroatoms. The molecule has 126 valence electrons. The quantitative estimate of drug-likeness (QED) is 0.666. The highest BCUT2D eigenvalue weighted by atomic mass is 35.5. The zero-order chi connectivity index (χ0) is 17.9. The molecule has 0 saturated carbocycles. The lowest BCUT2D eigenvalue weighted by molar-refractivity contribution is -0.123. The third-order valence-electron chi connectivity index (χ3n) is 3.04. The minimum absolute atomic E-state index is 0.0535. The smallest absolute Gasteiger partial charge is 0.340 e. The molecule has 1 N–H and O–H groups in total. The lowest BCUT2D eigenvalue weighted by Gasteiger charge is -2.14. The average molecular weight is 358 g/mol. The van der Waals surface area contributed by atoms with Gasteiger partial charge in [0.25, 0.3) is 5.91 Å². The number of esters is 1. The molecule has 0 radical (unpaired) electrons. The fourth-order valence-corrected chi connectivity index (χ4v) is 1.97. The number of carbonyl (C=O) groups is 2. The third-order valence-corrected chi connectivity index (χ3v) is 3.37. The molecule has 24 heavy (non-hydrogen) atoms. The van der Waals surface area contributed by atoms with Crippen molar-refractivity contribution in [2.24, 2.45) is 0 Å². The molecule has 0 bridgehead atoms. The zero-order valence-corrected chi connectivity index (χ0v) is 13.0. The number of hydrogen-bond donors (Lipinski definition) is 1. The Bertz CT molecular complexity index is 798. The summed E-state index contributed by atoms with van der Waals surface area (Å²) in [5.74, 6) is -6.42. The molecule has 0 aliphatic carbocycles. The fraction of sp³-hybridized carbons (Fsp3) is 0.125. The Kier molecular flexibility index (Phi) is 5.46. The van der Waals surface area contributed by atoms with Gasteiger partial charge in [0.05, 0.1) is 16.3 Å². The predicted molar refractivity (Wildman–Crippen MR) is 81.3 cm³/mol. The van der Waals surface area contributed by atoms with Crippen LogP contribution in [0.15, 0.2) is 36.4 Å². The lowest BCUT2D eigenvalue weighted by Crippen LogP contribution is -2.30. The number of benzene rings is 2. The van der Waals surface area contributed by atoms with Gasteiger partial charge in [-0.1, -0.05) is 23.7 Å². The monoisotopic (exact) mass is 357 g/mol. The first kappa shape index (κ1) is 17.8. The van der Waals surface area contributed by atoms with Crippen LogP contribution >= 0.6 is 11.6 Å².